The maximum absolute atomic E-state index is 13.6. The summed E-state index contributed by atoms with van der Waals surface area (Å²) in [7, 11) is -0.910. The molecular formula is C26H35N3O6S. The van der Waals surface area contributed by atoms with Gasteiger partial charge < -0.3 is 19.7 Å². The molecule has 196 valence electrons. The molecule has 1 N–H and O–H groups in total. The molecule has 1 fully saturated rings. The summed E-state index contributed by atoms with van der Waals surface area (Å²) in [6.45, 7) is 1.37. The van der Waals surface area contributed by atoms with Crippen LogP contribution in [-0.2, 0) is 26.2 Å². The fourth-order valence-corrected chi connectivity index (χ4v) is 5.19. The molecule has 0 aromatic heterocycles. The third-order valence-corrected chi connectivity index (χ3v) is 7.54. The fraction of sp³-hybridized carbons (Fsp3) is 0.462. The van der Waals surface area contributed by atoms with E-state index in [9.17, 15) is 18.0 Å². The molecule has 0 radical (unpaired) electrons. The summed E-state index contributed by atoms with van der Waals surface area (Å²) in [5.74, 6) is 0.0295. The van der Waals surface area contributed by atoms with Gasteiger partial charge in [-0.05, 0) is 37.5 Å². The molecule has 0 spiro atoms. The van der Waals surface area contributed by atoms with Gasteiger partial charge in [-0.1, -0.05) is 43.2 Å². The topological polar surface area (TPSA) is 105 Å². The van der Waals surface area contributed by atoms with E-state index in [1.165, 1.54) is 25.2 Å². The monoisotopic (exact) mass is 517 g/mol. The lowest BCUT2D eigenvalue weighted by molar-refractivity contribution is -0.139. The van der Waals surface area contributed by atoms with Crippen molar-refractivity contribution in [1.29, 1.82) is 0 Å². The van der Waals surface area contributed by atoms with Crippen LogP contribution in [0.5, 0.6) is 11.5 Å². The number of ether oxygens (including phenoxy) is 2. The largest absolute Gasteiger partial charge is 0.493 e. The minimum atomic E-state index is -3.84. The summed E-state index contributed by atoms with van der Waals surface area (Å²) in [5, 5.41) is 3.05. The first kappa shape index (κ1) is 27.3. The average molecular weight is 518 g/mol. The molecular weight excluding hydrogens is 482 g/mol. The lowest BCUT2D eigenvalue weighted by Gasteiger charge is -2.32. The van der Waals surface area contributed by atoms with Crippen LogP contribution in [0.15, 0.2) is 48.5 Å². The molecule has 9 nitrogen and oxygen atoms in total. The molecule has 3 rings (SSSR count). The number of methoxy groups -OCH3 is 2. The number of nitrogens with zero attached hydrogens (tertiary/aromatic N) is 2. The summed E-state index contributed by atoms with van der Waals surface area (Å²) in [6.07, 6.45) is 5.02. The van der Waals surface area contributed by atoms with Crippen LogP contribution in [-0.4, -0.2) is 64.2 Å². The molecule has 10 heteroatoms. The highest BCUT2D eigenvalue weighted by Crippen LogP contribution is 2.32. The number of carbonyl (C=O) groups is 2. The van der Waals surface area contributed by atoms with Crippen LogP contribution in [0.2, 0.25) is 0 Å². The number of sulfonamides is 1. The van der Waals surface area contributed by atoms with Crippen molar-refractivity contribution in [1.82, 2.24) is 10.2 Å². The van der Waals surface area contributed by atoms with E-state index in [-0.39, 0.29) is 24.2 Å². The number of rotatable bonds is 11. The normalized spacial score (nSPS) is 14.7. The van der Waals surface area contributed by atoms with Crippen LogP contribution in [0, 0.1) is 0 Å². The molecule has 1 saturated carbocycles. The minimum Gasteiger partial charge on any atom is -0.493 e. The van der Waals surface area contributed by atoms with Gasteiger partial charge in [-0.2, -0.15) is 0 Å². The highest BCUT2D eigenvalue weighted by atomic mass is 32.2. The molecule has 1 atom stereocenters. The number of benzene rings is 2. The SMILES string of the molecule is COc1ccc(N(CC(=O)N(Cc2ccccc2)[C@@H](C)C(=O)NC2CCCC2)S(C)(=O)=O)cc1OC. The Kier molecular flexibility index (Phi) is 9.19. The summed E-state index contributed by atoms with van der Waals surface area (Å²) >= 11 is 0. The zero-order valence-electron chi connectivity index (χ0n) is 21.3. The smallest absolute Gasteiger partial charge is 0.244 e. The molecule has 2 amide bonds. The third kappa shape index (κ3) is 6.90. The van der Waals surface area contributed by atoms with Crippen molar-refractivity contribution in [3.63, 3.8) is 0 Å². The first-order chi connectivity index (χ1) is 17.1. The summed E-state index contributed by atoms with van der Waals surface area (Å²) < 4.78 is 37.0. The maximum Gasteiger partial charge on any atom is 0.244 e. The van der Waals surface area contributed by atoms with Gasteiger partial charge in [0.05, 0.1) is 26.2 Å². The molecule has 1 aliphatic carbocycles. The molecule has 1 aliphatic rings. The Morgan fingerprint density at radius 2 is 1.67 bits per heavy atom. The van der Waals surface area contributed by atoms with Gasteiger partial charge in [-0.15, -0.1) is 0 Å². The van der Waals surface area contributed by atoms with Crippen molar-refractivity contribution in [2.24, 2.45) is 0 Å². The van der Waals surface area contributed by atoms with Crippen molar-refractivity contribution in [3.8, 4) is 11.5 Å². The van der Waals surface area contributed by atoms with E-state index < -0.39 is 28.5 Å². The second kappa shape index (κ2) is 12.1. The van der Waals surface area contributed by atoms with Crippen LogP contribution < -0.4 is 19.1 Å². The number of hydrogen-bond acceptors (Lipinski definition) is 6. The first-order valence-electron chi connectivity index (χ1n) is 12.0. The van der Waals surface area contributed by atoms with Gasteiger partial charge in [0.25, 0.3) is 0 Å². The van der Waals surface area contributed by atoms with Gasteiger partial charge in [-0.25, -0.2) is 8.42 Å². The number of nitrogens with one attached hydrogen (secondary N) is 1. The lowest BCUT2D eigenvalue weighted by atomic mass is 10.1. The van der Waals surface area contributed by atoms with E-state index >= 15 is 0 Å². The van der Waals surface area contributed by atoms with Crippen LogP contribution >= 0.6 is 0 Å². The molecule has 2 aromatic rings. The van der Waals surface area contributed by atoms with Crippen LogP contribution in [0.3, 0.4) is 0 Å². The molecule has 2 aromatic carbocycles. The van der Waals surface area contributed by atoms with Crippen LogP contribution in [0.1, 0.15) is 38.2 Å². The number of carbonyl (C=O) groups excluding carboxylic acids is 2. The second-order valence-electron chi connectivity index (χ2n) is 8.98. The van der Waals surface area contributed by atoms with Crippen molar-refractivity contribution in [2.75, 3.05) is 31.3 Å². The molecule has 0 saturated heterocycles. The van der Waals surface area contributed by atoms with E-state index in [1.807, 2.05) is 30.3 Å². The van der Waals surface area contributed by atoms with Gasteiger partial charge in [-0.3, -0.25) is 13.9 Å². The molecule has 0 heterocycles. The Labute approximate surface area is 213 Å². The number of hydrogen-bond donors (Lipinski definition) is 1. The average Bonchev–Trinajstić information content (AvgIpc) is 3.37. The van der Waals surface area contributed by atoms with Crippen molar-refractivity contribution >= 4 is 27.5 Å². The Morgan fingerprint density at radius 1 is 1.03 bits per heavy atom. The highest BCUT2D eigenvalue weighted by Gasteiger charge is 2.31. The zero-order valence-corrected chi connectivity index (χ0v) is 22.1. The lowest BCUT2D eigenvalue weighted by Crippen LogP contribution is -2.52. The standard InChI is InChI=1S/C26H35N3O6S/c1-19(26(31)27-21-12-8-9-13-21)28(17-20-10-6-5-7-11-20)25(30)18-29(36(4,32)33)22-14-15-23(34-2)24(16-22)35-3/h5-7,10-11,14-16,19,21H,8-9,12-13,17-18H2,1-4H3,(H,27,31)/t19-/m0/s1. The van der Waals surface area contributed by atoms with Gasteiger partial charge in [0.2, 0.25) is 21.8 Å². The Hall–Kier alpha value is -3.27. The van der Waals surface area contributed by atoms with Crippen LogP contribution in [0.25, 0.3) is 0 Å². The zero-order chi connectivity index (χ0) is 26.3. The van der Waals surface area contributed by atoms with E-state index in [1.54, 1.807) is 19.1 Å². The summed E-state index contributed by atoms with van der Waals surface area (Å²) in [6, 6.07) is 13.3. The van der Waals surface area contributed by atoms with Gasteiger partial charge >= 0.3 is 0 Å². The van der Waals surface area contributed by atoms with Gasteiger partial charge in [0.1, 0.15) is 12.6 Å². The predicted molar refractivity (Wildman–Crippen MR) is 139 cm³/mol. The minimum absolute atomic E-state index is 0.105. The Bertz CT molecular complexity index is 1150. The predicted octanol–water partition coefficient (Wildman–Crippen LogP) is 2.95. The van der Waals surface area contributed by atoms with E-state index in [2.05, 4.69) is 5.32 Å². The van der Waals surface area contributed by atoms with Crippen molar-refractivity contribution in [3.05, 3.63) is 54.1 Å². The van der Waals surface area contributed by atoms with Gasteiger partial charge in [0, 0.05) is 18.7 Å². The molecule has 0 bridgehead atoms. The third-order valence-electron chi connectivity index (χ3n) is 6.40. The number of anilines is 1. The Morgan fingerprint density at radius 3 is 2.25 bits per heavy atom. The first-order valence-corrected chi connectivity index (χ1v) is 13.8. The Balaban J connectivity index is 1.89. The second-order valence-corrected chi connectivity index (χ2v) is 10.9. The summed E-state index contributed by atoms with van der Waals surface area (Å²) in [5.41, 5.74) is 1.09. The van der Waals surface area contributed by atoms with E-state index in [4.69, 9.17) is 9.47 Å². The maximum atomic E-state index is 13.6. The molecule has 0 unspecified atom stereocenters. The quantitative estimate of drug-likeness (QED) is 0.491. The highest BCUT2D eigenvalue weighted by molar-refractivity contribution is 7.92. The molecule has 0 aliphatic heterocycles. The summed E-state index contributed by atoms with van der Waals surface area (Å²) in [4.78, 5) is 28.1. The van der Waals surface area contributed by atoms with Crippen LogP contribution in [0.4, 0.5) is 5.69 Å². The fourth-order valence-electron chi connectivity index (χ4n) is 4.35. The number of amides is 2. The van der Waals surface area contributed by atoms with E-state index in [0.717, 1.165) is 41.8 Å². The van der Waals surface area contributed by atoms with Crippen molar-refractivity contribution < 1.29 is 27.5 Å². The van der Waals surface area contributed by atoms with E-state index in [0.29, 0.717) is 11.5 Å². The van der Waals surface area contributed by atoms with Gasteiger partial charge in [0.15, 0.2) is 11.5 Å². The van der Waals surface area contributed by atoms with Crippen molar-refractivity contribution in [2.45, 2.75) is 51.2 Å². The molecule has 36 heavy (non-hydrogen) atoms.